The molecular weight excluding hydrogens is 506 g/mol. The van der Waals surface area contributed by atoms with Gasteiger partial charge in [0.05, 0.1) is 12.4 Å². The van der Waals surface area contributed by atoms with Crippen LogP contribution in [0.1, 0.15) is 24.8 Å². The van der Waals surface area contributed by atoms with Crippen molar-refractivity contribution in [2.45, 2.75) is 36.6 Å². The summed E-state index contributed by atoms with van der Waals surface area (Å²) in [5.74, 6) is -1.49. The van der Waals surface area contributed by atoms with Crippen molar-refractivity contribution in [2.75, 3.05) is 30.8 Å². The Morgan fingerprint density at radius 2 is 1.78 bits per heavy atom. The highest BCUT2D eigenvalue weighted by molar-refractivity contribution is 9.10. The average molecular weight is 529 g/mol. The number of hydrogen-bond donors (Lipinski definition) is 0. The quantitative estimate of drug-likeness (QED) is 0.593. The fourth-order valence-electron chi connectivity index (χ4n) is 4.47. The lowest BCUT2D eigenvalue weighted by Crippen LogP contribution is -2.46. The van der Waals surface area contributed by atoms with Crippen LogP contribution in [0.15, 0.2) is 34.0 Å². The van der Waals surface area contributed by atoms with Gasteiger partial charge in [-0.2, -0.15) is 0 Å². The molecule has 2 aromatic rings. The van der Waals surface area contributed by atoms with Gasteiger partial charge in [0.25, 0.3) is 0 Å². The van der Waals surface area contributed by atoms with Crippen LogP contribution in [-0.2, 0) is 21.1 Å². The summed E-state index contributed by atoms with van der Waals surface area (Å²) >= 11 is 3.27. The number of rotatable bonds is 5. The van der Waals surface area contributed by atoms with Gasteiger partial charge >= 0.3 is 0 Å². The van der Waals surface area contributed by atoms with Gasteiger partial charge in [0, 0.05) is 37.8 Å². The molecule has 3 heterocycles. The van der Waals surface area contributed by atoms with Crippen molar-refractivity contribution in [1.82, 2.24) is 14.9 Å². The van der Waals surface area contributed by atoms with Gasteiger partial charge in [-0.1, -0.05) is 0 Å². The summed E-state index contributed by atoms with van der Waals surface area (Å²) in [6.45, 7) is 2.09. The molecule has 0 N–H and O–H groups in total. The molecule has 2 aliphatic rings. The molecular formula is C21H23BrF2N4O3S. The summed E-state index contributed by atoms with van der Waals surface area (Å²) in [6, 6.07) is 1.71. The molecule has 32 heavy (non-hydrogen) atoms. The lowest BCUT2D eigenvalue weighted by atomic mass is 9.97. The van der Waals surface area contributed by atoms with Crippen LogP contribution in [0.25, 0.3) is 0 Å². The van der Waals surface area contributed by atoms with E-state index in [2.05, 4.69) is 30.8 Å². The van der Waals surface area contributed by atoms with Gasteiger partial charge in [-0.25, -0.2) is 27.2 Å². The number of sulfone groups is 1. The second-order valence-electron chi connectivity index (χ2n) is 8.28. The highest BCUT2D eigenvalue weighted by Crippen LogP contribution is 2.30. The molecule has 0 radical (unpaired) electrons. The second kappa shape index (κ2) is 9.01. The van der Waals surface area contributed by atoms with Gasteiger partial charge in [-0.15, -0.1) is 0 Å². The smallest absolute Gasteiger partial charge is 0.226 e. The molecule has 7 nitrogen and oxygen atoms in total. The van der Waals surface area contributed by atoms with Crippen LogP contribution in [0.3, 0.4) is 0 Å². The maximum atomic E-state index is 14.4. The first kappa shape index (κ1) is 23.0. The van der Waals surface area contributed by atoms with Crippen LogP contribution in [0.4, 0.5) is 14.6 Å². The number of piperidine rings is 1. The van der Waals surface area contributed by atoms with E-state index in [4.69, 9.17) is 0 Å². The minimum absolute atomic E-state index is 0.0266. The van der Waals surface area contributed by atoms with E-state index in [1.54, 1.807) is 12.4 Å². The highest BCUT2D eigenvalue weighted by Gasteiger charge is 2.37. The zero-order valence-electron chi connectivity index (χ0n) is 17.5. The molecule has 0 unspecified atom stereocenters. The summed E-state index contributed by atoms with van der Waals surface area (Å²) in [7, 11) is -3.87. The molecule has 0 spiro atoms. The SMILES string of the molecule is CS(=O)(=O)c1cc(F)c(C[C@H]2CCN(C3CCN(c4cnc(Br)cn4)CC3)C2=O)cc1F. The van der Waals surface area contributed by atoms with E-state index in [1.807, 2.05) is 4.90 Å². The van der Waals surface area contributed by atoms with E-state index >= 15 is 0 Å². The van der Waals surface area contributed by atoms with Crippen LogP contribution in [0.2, 0.25) is 0 Å². The molecule has 2 aliphatic heterocycles. The minimum atomic E-state index is -3.87. The van der Waals surface area contributed by atoms with Gasteiger partial charge < -0.3 is 9.80 Å². The number of anilines is 1. The number of likely N-dealkylation sites (tertiary alicyclic amines) is 1. The van der Waals surface area contributed by atoms with E-state index < -0.39 is 32.3 Å². The van der Waals surface area contributed by atoms with Gasteiger partial charge in [0.1, 0.15) is 27.0 Å². The number of hydrogen-bond acceptors (Lipinski definition) is 6. The van der Waals surface area contributed by atoms with Crippen molar-refractivity contribution < 1.29 is 22.0 Å². The van der Waals surface area contributed by atoms with E-state index in [0.29, 0.717) is 23.6 Å². The molecule has 0 aliphatic carbocycles. The Kier molecular flexibility index (Phi) is 6.49. The van der Waals surface area contributed by atoms with Gasteiger partial charge in [0.2, 0.25) is 5.91 Å². The van der Waals surface area contributed by atoms with Crippen LogP contribution < -0.4 is 4.90 Å². The summed E-state index contributed by atoms with van der Waals surface area (Å²) in [6.07, 6.45) is 6.40. The first-order chi connectivity index (χ1) is 15.1. The average Bonchev–Trinajstić information content (AvgIpc) is 3.10. The standard InChI is InChI=1S/C21H23BrF2N4O3S/c1-32(30,31)18-10-16(23)14(9-17(18)24)8-13-2-7-28(21(13)29)15-3-5-27(6-4-15)20-12-25-19(22)11-26-20/h9-13,15H,2-8H2,1H3/t13-/m1/s1. The number of benzene rings is 1. The molecule has 4 rings (SSSR count). The molecule has 1 aromatic carbocycles. The number of halogens is 3. The first-order valence-electron chi connectivity index (χ1n) is 10.3. The highest BCUT2D eigenvalue weighted by atomic mass is 79.9. The monoisotopic (exact) mass is 528 g/mol. The molecule has 0 saturated carbocycles. The topological polar surface area (TPSA) is 83.5 Å². The number of amides is 1. The lowest BCUT2D eigenvalue weighted by Gasteiger charge is -2.37. The van der Waals surface area contributed by atoms with E-state index in [9.17, 15) is 22.0 Å². The predicted octanol–water partition coefficient (Wildman–Crippen LogP) is 2.98. The van der Waals surface area contributed by atoms with Crippen LogP contribution >= 0.6 is 15.9 Å². The Balaban J connectivity index is 1.39. The van der Waals surface area contributed by atoms with Crippen LogP contribution in [-0.4, -0.2) is 61.1 Å². The van der Waals surface area contributed by atoms with Gasteiger partial charge in [-0.3, -0.25) is 4.79 Å². The third-order valence-electron chi connectivity index (χ3n) is 6.15. The Bertz CT molecular complexity index is 1120. The summed E-state index contributed by atoms with van der Waals surface area (Å²) in [4.78, 5) is 24.9. The Morgan fingerprint density at radius 3 is 2.41 bits per heavy atom. The van der Waals surface area contributed by atoms with E-state index in [0.717, 1.165) is 44.1 Å². The Morgan fingerprint density at radius 1 is 1.06 bits per heavy atom. The van der Waals surface area contributed by atoms with Crippen molar-refractivity contribution in [3.05, 3.63) is 46.3 Å². The van der Waals surface area contributed by atoms with Crippen molar-refractivity contribution in [1.29, 1.82) is 0 Å². The van der Waals surface area contributed by atoms with Crippen LogP contribution in [0.5, 0.6) is 0 Å². The van der Waals surface area contributed by atoms with Gasteiger partial charge in [-0.05, 0) is 59.3 Å². The number of aromatic nitrogens is 2. The molecule has 2 fully saturated rings. The third-order valence-corrected chi connectivity index (χ3v) is 7.67. The summed E-state index contributed by atoms with van der Waals surface area (Å²) < 4.78 is 52.5. The van der Waals surface area contributed by atoms with E-state index in [1.165, 1.54) is 0 Å². The minimum Gasteiger partial charge on any atom is -0.355 e. The molecule has 0 bridgehead atoms. The number of carbonyl (C=O) groups excluding carboxylic acids is 1. The largest absolute Gasteiger partial charge is 0.355 e. The third kappa shape index (κ3) is 4.78. The molecule has 1 aromatic heterocycles. The normalized spacial score (nSPS) is 20.2. The maximum Gasteiger partial charge on any atom is 0.226 e. The van der Waals surface area contributed by atoms with E-state index in [-0.39, 0.29) is 23.9 Å². The zero-order valence-corrected chi connectivity index (χ0v) is 19.9. The summed E-state index contributed by atoms with van der Waals surface area (Å²) in [5.41, 5.74) is 0.0266. The van der Waals surface area contributed by atoms with Crippen molar-refractivity contribution >= 4 is 37.5 Å². The number of nitrogens with zero attached hydrogens (tertiary/aromatic N) is 4. The maximum absolute atomic E-state index is 14.4. The fourth-order valence-corrected chi connectivity index (χ4v) is 5.40. The first-order valence-corrected chi connectivity index (χ1v) is 13.0. The molecule has 172 valence electrons. The molecule has 11 heteroatoms. The predicted molar refractivity (Wildman–Crippen MR) is 118 cm³/mol. The molecule has 2 saturated heterocycles. The summed E-state index contributed by atoms with van der Waals surface area (Å²) in [5, 5.41) is 0. The van der Waals surface area contributed by atoms with Gasteiger partial charge in [0.15, 0.2) is 9.84 Å². The molecule has 1 amide bonds. The molecule has 1 atom stereocenters. The Labute approximate surface area is 193 Å². The zero-order chi connectivity index (χ0) is 23.0. The van der Waals surface area contributed by atoms with Crippen molar-refractivity contribution in [2.24, 2.45) is 5.92 Å². The number of carbonyl (C=O) groups is 1. The van der Waals surface area contributed by atoms with Crippen LogP contribution in [0, 0.1) is 17.6 Å². The van der Waals surface area contributed by atoms with Crippen molar-refractivity contribution in [3.63, 3.8) is 0 Å². The lowest BCUT2D eigenvalue weighted by molar-refractivity contribution is -0.133. The second-order valence-corrected chi connectivity index (χ2v) is 11.1. The van der Waals surface area contributed by atoms with Crippen molar-refractivity contribution in [3.8, 4) is 0 Å². The Hall–Kier alpha value is -2.14. The fraction of sp³-hybridized carbons (Fsp3) is 0.476.